The van der Waals surface area contributed by atoms with Gasteiger partial charge in [-0.25, -0.2) is 4.57 Å². The molecule has 0 rings (SSSR count). The van der Waals surface area contributed by atoms with Gasteiger partial charge in [-0.1, -0.05) is 136 Å². The SMILES string of the molecule is CCCCCCCCCC(=O)OC[C@H](COP(=O)(O)O)OC(=O)CCCCCCCCCCCCCCC(C)C. The van der Waals surface area contributed by atoms with E-state index in [1.54, 1.807) is 0 Å². The van der Waals surface area contributed by atoms with E-state index in [2.05, 4.69) is 25.3 Å². The summed E-state index contributed by atoms with van der Waals surface area (Å²) in [5, 5.41) is 0. The summed E-state index contributed by atoms with van der Waals surface area (Å²) < 4.78 is 26.1. The minimum atomic E-state index is -4.73. The second kappa shape index (κ2) is 26.9. The van der Waals surface area contributed by atoms with E-state index < -0.39 is 32.5 Å². The Morgan fingerprint density at radius 2 is 1.05 bits per heavy atom. The van der Waals surface area contributed by atoms with Crippen LogP contribution in [-0.2, 0) is 28.2 Å². The highest BCUT2D eigenvalue weighted by Crippen LogP contribution is 2.36. The first-order valence-corrected chi connectivity index (χ1v) is 17.7. The van der Waals surface area contributed by atoms with Gasteiger partial charge in [-0.2, -0.15) is 0 Å². The third kappa shape index (κ3) is 30.0. The van der Waals surface area contributed by atoms with Crippen LogP contribution in [0, 0.1) is 5.92 Å². The van der Waals surface area contributed by atoms with E-state index in [1.165, 1.54) is 83.5 Å². The first-order valence-electron chi connectivity index (χ1n) is 16.2. The van der Waals surface area contributed by atoms with Crippen molar-refractivity contribution < 1.29 is 37.9 Å². The summed E-state index contributed by atoms with van der Waals surface area (Å²) in [6.45, 7) is 5.94. The standard InChI is InChI=1S/C31H61O8P/c1-4-5-6-7-14-18-21-24-30(32)37-26-29(27-38-40(34,35)36)39-31(33)25-22-19-16-13-11-9-8-10-12-15-17-20-23-28(2)3/h28-29H,4-27H2,1-3H3,(H2,34,35,36)/t29-/m1/s1. The van der Waals surface area contributed by atoms with Crippen molar-refractivity contribution in [1.82, 2.24) is 0 Å². The average Bonchev–Trinajstić information content (AvgIpc) is 2.89. The fourth-order valence-electron chi connectivity index (χ4n) is 4.62. The largest absolute Gasteiger partial charge is 0.469 e. The van der Waals surface area contributed by atoms with Crippen LogP contribution >= 0.6 is 7.82 Å². The third-order valence-electron chi connectivity index (χ3n) is 7.05. The quantitative estimate of drug-likeness (QED) is 0.0502. The predicted molar refractivity (Wildman–Crippen MR) is 161 cm³/mol. The zero-order valence-electron chi connectivity index (χ0n) is 25.9. The number of ether oxygens (including phenoxy) is 2. The molecule has 0 amide bonds. The Bertz CT molecular complexity index is 649. The molecular weight excluding hydrogens is 531 g/mol. The molecule has 0 radical (unpaired) electrons. The number of carbonyl (C=O) groups is 2. The lowest BCUT2D eigenvalue weighted by molar-refractivity contribution is -0.161. The van der Waals surface area contributed by atoms with Gasteiger partial charge >= 0.3 is 19.8 Å². The molecule has 0 saturated carbocycles. The van der Waals surface area contributed by atoms with Crippen LogP contribution in [0.2, 0.25) is 0 Å². The fraction of sp³-hybridized carbons (Fsp3) is 0.935. The molecule has 238 valence electrons. The van der Waals surface area contributed by atoms with Gasteiger partial charge in [-0.3, -0.25) is 14.1 Å². The van der Waals surface area contributed by atoms with Gasteiger partial charge < -0.3 is 19.3 Å². The van der Waals surface area contributed by atoms with E-state index in [4.69, 9.17) is 19.3 Å². The molecule has 9 heteroatoms. The highest BCUT2D eigenvalue weighted by Gasteiger charge is 2.22. The Balaban J connectivity index is 3.96. The third-order valence-corrected chi connectivity index (χ3v) is 7.54. The van der Waals surface area contributed by atoms with E-state index in [0.29, 0.717) is 6.42 Å². The predicted octanol–water partition coefficient (Wildman–Crippen LogP) is 8.81. The molecule has 0 saturated heterocycles. The summed E-state index contributed by atoms with van der Waals surface area (Å²) in [6, 6.07) is 0. The van der Waals surface area contributed by atoms with Gasteiger partial charge in [-0.15, -0.1) is 0 Å². The van der Waals surface area contributed by atoms with Gasteiger partial charge in [0.05, 0.1) is 6.61 Å². The van der Waals surface area contributed by atoms with Crippen LogP contribution in [-0.4, -0.2) is 41.0 Å². The molecule has 0 aliphatic rings. The van der Waals surface area contributed by atoms with Crippen molar-refractivity contribution in [2.24, 2.45) is 5.92 Å². The first kappa shape index (κ1) is 39.0. The number of phosphoric ester groups is 1. The molecule has 2 N–H and O–H groups in total. The second-order valence-corrected chi connectivity index (χ2v) is 12.9. The van der Waals surface area contributed by atoms with E-state index in [-0.39, 0.29) is 19.4 Å². The first-order chi connectivity index (χ1) is 19.1. The molecule has 0 unspecified atom stereocenters. The van der Waals surface area contributed by atoms with Crippen LogP contribution in [0.1, 0.15) is 162 Å². The van der Waals surface area contributed by atoms with Gasteiger partial charge in [0.1, 0.15) is 6.61 Å². The zero-order chi connectivity index (χ0) is 29.9. The van der Waals surface area contributed by atoms with Gasteiger partial charge in [0, 0.05) is 12.8 Å². The van der Waals surface area contributed by atoms with Gasteiger partial charge in [0.25, 0.3) is 0 Å². The Morgan fingerprint density at radius 1 is 0.625 bits per heavy atom. The summed E-state index contributed by atoms with van der Waals surface area (Å²) in [5.41, 5.74) is 0. The molecule has 0 aliphatic heterocycles. The van der Waals surface area contributed by atoms with E-state index in [9.17, 15) is 14.2 Å². The van der Waals surface area contributed by atoms with Crippen LogP contribution in [0.4, 0.5) is 0 Å². The van der Waals surface area contributed by atoms with Crippen LogP contribution in [0.25, 0.3) is 0 Å². The molecule has 0 aromatic rings. The number of carbonyl (C=O) groups excluding carboxylic acids is 2. The molecule has 0 fully saturated rings. The molecule has 0 aliphatic carbocycles. The van der Waals surface area contributed by atoms with Crippen molar-refractivity contribution in [2.45, 2.75) is 168 Å². The molecule has 0 spiro atoms. The summed E-state index contributed by atoms with van der Waals surface area (Å²) in [4.78, 5) is 42.3. The van der Waals surface area contributed by atoms with Crippen molar-refractivity contribution in [3.8, 4) is 0 Å². The molecule has 0 aromatic heterocycles. The molecule has 40 heavy (non-hydrogen) atoms. The highest BCUT2D eigenvalue weighted by atomic mass is 31.2. The second-order valence-electron chi connectivity index (χ2n) is 11.6. The number of hydrogen-bond donors (Lipinski definition) is 2. The Hall–Kier alpha value is -0.950. The maximum absolute atomic E-state index is 12.3. The van der Waals surface area contributed by atoms with Crippen LogP contribution in [0.15, 0.2) is 0 Å². The van der Waals surface area contributed by atoms with Gasteiger partial charge in [0.2, 0.25) is 0 Å². The number of rotatable bonds is 29. The maximum atomic E-state index is 12.3. The molecule has 0 bridgehead atoms. The number of phosphoric acid groups is 1. The minimum absolute atomic E-state index is 0.217. The van der Waals surface area contributed by atoms with E-state index >= 15 is 0 Å². The summed E-state index contributed by atoms with van der Waals surface area (Å²) in [6.07, 6.45) is 22.8. The summed E-state index contributed by atoms with van der Waals surface area (Å²) >= 11 is 0. The van der Waals surface area contributed by atoms with Gasteiger partial charge in [0.15, 0.2) is 6.10 Å². The lowest BCUT2D eigenvalue weighted by Gasteiger charge is -2.18. The molecule has 0 aromatic carbocycles. The lowest BCUT2D eigenvalue weighted by atomic mass is 10.0. The molecule has 0 heterocycles. The zero-order valence-corrected chi connectivity index (χ0v) is 26.8. The average molecular weight is 593 g/mol. The van der Waals surface area contributed by atoms with Gasteiger partial charge in [-0.05, 0) is 18.8 Å². The van der Waals surface area contributed by atoms with Crippen LogP contribution < -0.4 is 0 Å². The Morgan fingerprint density at radius 3 is 1.50 bits per heavy atom. The molecule has 8 nitrogen and oxygen atoms in total. The van der Waals surface area contributed by atoms with E-state index in [1.807, 2.05) is 0 Å². The molecule has 1 atom stereocenters. The Kier molecular flexibility index (Phi) is 26.3. The monoisotopic (exact) mass is 592 g/mol. The van der Waals surface area contributed by atoms with Crippen molar-refractivity contribution in [2.75, 3.05) is 13.2 Å². The normalized spacial score (nSPS) is 12.6. The molecular formula is C31H61O8P. The smallest absolute Gasteiger partial charge is 0.462 e. The maximum Gasteiger partial charge on any atom is 0.469 e. The van der Waals surface area contributed by atoms with Crippen molar-refractivity contribution in [3.63, 3.8) is 0 Å². The van der Waals surface area contributed by atoms with Crippen LogP contribution in [0.3, 0.4) is 0 Å². The van der Waals surface area contributed by atoms with Crippen molar-refractivity contribution >= 4 is 19.8 Å². The minimum Gasteiger partial charge on any atom is -0.462 e. The van der Waals surface area contributed by atoms with Crippen molar-refractivity contribution in [3.05, 3.63) is 0 Å². The summed E-state index contributed by atoms with van der Waals surface area (Å²) in [5.74, 6) is -0.0679. The van der Waals surface area contributed by atoms with Crippen molar-refractivity contribution in [1.29, 1.82) is 0 Å². The number of unbranched alkanes of at least 4 members (excludes halogenated alkanes) is 17. The Labute approximate surface area is 244 Å². The number of esters is 2. The fourth-order valence-corrected chi connectivity index (χ4v) is 4.98. The summed E-state index contributed by atoms with van der Waals surface area (Å²) in [7, 11) is -4.73. The number of hydrogen-bond acceptors (Lipinski definition) is 6. The van der Waals surface area contributed by atoms with Crippen LogP contribution in [0.5, 0.6) is 0 Å². The topological polar surface area (TPSA) is 119 Å². The van der Waals surface area contributed by atoms with E-state index in [0.717, 1.165) is 44.4 Å². The highest BCUT2D eigenvalue weighted by molar-refractivity contribution is 7.46. The lowest BCUT2D eigenvalue weighted by Crippen LogP contribution is -2.29.